The summed E-state index contributed by atoms with van der Waals surface area (Å²) < 4.78 is 13.3. The van der Waals surface area contributed by atoms with Crippen molar-refractivity contribution in [1.82, 2.24) is 15.2 Å². The summed E-state index contributed by atoms with van der Waals surface area (Å²) >= 11 is 0. The van der Waals surface area contributed by atoms with Crippen LogP contribution in [-0.2, 0) is 0 Å². The largest absolute Gasteiger partial charge is 0.366 e. The second-order valence-corrected chi connectivity index (χ2v) is 5.57. The highest BCUT2D eigenvalue weighted by molar-refractivity contribution is 6.04. The molecular formula is C19H17FN6. The molecule has 0 bridgehead atoms. The van der Waals surface area contributed by atoms with Gasteiger partial charge in [0.15, 0.2) is 0 Å². The number of rotatable bonds is 4. The molecule has 0 spiro atoms. The van der Waals surface area contributed by atoms with Gasteiger partial charge in [0.25, 0.3) is 0 Å². The number of nitrogen functional groups attached to an aromatic ring is 1. The predicted molar refractivity (Wildman–Crippen MR) is 102 cm³/mol. The Morgan fingerprint density at radius 3 is 2.38 bits per heavy atom. The predicted octanol–water partition coefficient (Wildman–Crippen LogP) is 3.70. The number of nitrogens with two attached hydrogens (primary N) is 1. The van der Waals surface area contributed by atoms with Gasteiger partial charge in [0.2, 0.25) is 5.95 Å². The third-order valence-electron chi connectivity index (χ3n) is 3.99. The average molecular weight is 348 g/mol. The molecular weight excluding hydrogens is 331 g/mol. The molecule has 3 aromatic rings. The fourth-order valence-corrected chi connectivity index (χ4v) is 2.57. The van der Waals surface area contributed by atoms with E-state index in [1.807, 2.05) is 25.1 Å². The molecule has 7 heteroatoms. The number of nitrogens with zero attached hydrogens (tertiary/aromatic N) is 5. The number of hydrogen-bond acceptors (Lipinski definition) is 6. The average Bonchev–Trinajstić information content (AvgIpc) is 2.67. The smallest absolute Gasteiger partial charge is 0.240 e. The Hall–Kier alpha value is -3.48. The number of halogens is 1. The van der Waals surface area contributed by atoms with E-state index in [9.17, 15) is 4.39 Å². The van der Waals surface area contributed by atoms with E-state index in [4.69, 9.17) is 5.73 Å². The van der Waals surface area contributed by atoms with E-state index in [-0.39, 0.29) is 11.8 Å². The van der Waals surface area contributed by atoms with Crippen LogP contribution in [-0.4, -0.2) is 34.7 Å². The van der Waals surface area contributed by atoms with Crippen molar-refractivity contribution in [2.45, 2.75) is 6.92 Å². The van der Waals surface area contributed by atoms with Crippen molar-refractivity contribution in [1.29, 1.82) is 0 Å². The molecule has 0 amide bonds. The molecule has 0 aliphatic carbocycles. The second kappa shape index (κ2) is 7.18. The lowest BCUT2D eigenvalue weighted by Gasteiger charge is -2.11. The van der Waals surface area contributed by atoms with Crippen LogP contribution in [0.25, 0.3) is 22.5 Å². The molecule has 0 unspecified atom stereocenters. The van der Waals surface area contributed by atoms with Crippen LogP contribution in [0.3, 0.4) is 0 Å². The molecule has 6 nitrogen and oxygen atoms in total. The Morgan fingerprint density at radius 1 is 1.04 bits per heavy atom. The van der Waals surface area contributed by atoms with E-state index in [1.165, 1.54) is 12.1 Å². The molecule has 0 radical (unpaired) electrons. The van der Waals surface area contributed by atoms with Gasteiger partial charge in [-0.15, -0.1) is 10.2 Å². The zero-order valence-corrected chi connectivity index (χ0v) is 14.4. The molecule has 0 atom stereocenters. The van der Waals surface area contributed by atoms with E-state index in [0.717, 1.165) is 22.5 Å². The van der Waals surface area contributed by atoms with Crippen molar-refractivity contribution >= 4 is 24.1 Å². The molecule has 0 saturated heterocycles. The first kappa shape index (κ1) is 17.3. The summed E-state index contributed by atoms with van der Waals surface area (Å²) in [5, 5.41) is 8.08. The van der Waals surface area contributed by atoms with Crippen LogP contribution in [0.2, 0.25) is 0 Å². The van der Waals surface area contributed by atoms with E-state index in [2.05, 4.69) is 31.9 Å². The van der Waals surface area contributed by atoms with Crippen molar-refractivity contribution in [3.05, 3.63) is 53.8 Å². The highest BCUT2D eigenvalue weighted by atomic mass is 19.1. The van der Waals surface area contributed by atoms with Gasteiger partial charge < -0.3 is 5.73 Å². The van der Waals surface area contributed by atoms with Crippen LogP contribution < -0.4 is 5.73 Å². The van der Waals surface area contributed by atoms with E-state index >= 15 is 0 Å². The van der Waals surface area contributed by atoms with Gasteiger partial charge in [0, 0.05) is 29.4 Å². The van der Waals surface area contributed by atoms with Crippen molar-refractivity contribution in [2.24, 2.45) is 9.98 Å². The Morgan fingerprint density at radius 2 is 1.73 bits per heavy atom. The minimum Gasteiger partial charge on any atom is -0.366 e. The first-order valence-corrected chi connectivity index (χ1v) is 7.84. The van der Waals surface area contributed by atoms with Crippen LogP contribution in [0.5, 0.6) is 0 Å². The zero-order chi connectivity index (χ0) is 18.7. The summed E-state index contributed by atoms with van der Waals surface area (Å²) in [5.74, 6) is -0.284. The molecule has 3 rings (SSSR count). The minimum absolute atomic E-state index is 0.0454. The summed E-state index contributed by atoms with van der Waals surface area (Å²) in [4.78, 5) is 12.6. The van der Waals surface area contributed by atoms with Crippen molar-refractivity contribution in [3.8, 4) is 22.5 Å². The third kappa shape index (κ3) is 3.32. The topological polar surface area (TPSA) is 89.4 Å². The van der Waals surface area contributed by atoms with Crippen LogP contribution in [0.4, 0.5) is 16.0 Å². The molecule has 2 N–H and O–H groups in total. The molecule has 0 aliphatic rings. The number of benzene rings is 2. The number of hydrogen-bond donors (Lipinski definition) is 1. The van der Waals surface area contributed by atoms with Gasteiger partial charge >= 0.3 is 0 Å². The maximum absolute atomic E-state index is 13.3. The van der Waals surface area contributed by atoms with Gasteiger partial charge in [0.1, 0.15) is 17.2 Å². The first-order valence-electron chi connectivity index (χ1n) is 7.84. The van der Waals surface area contributed by atoms with Crippen LogP contribution in [0, 0.1) is 5.82 Å². The van der Waals surface area contributed by atoms with Crippen LogP contribution >= 0.6 is 0 Å². The Labute approximate surface area is 150 Å². The van der Waals surface area contributed by atoms with E-state index < -0.39 is 0 Å². The third-order valence-corrected chi connectivity index (χ3v) is 3.99. The maximum atomic E-state index is 13.3. The molecule has 1 aromatic heterocycles. The van der Waals surface area contributed by atoms with E-state index in [1.54, 1.807) is 19.2 Å². The second-order valence-electron chi connectivity index (χ2n) is 5.57. The standard InChI is InChI=1S/C19H17FN6/c1-11(22-2)15-10-13(6-9-16(15)23-3)18-17(24-19(21)26-25-18)12-4-7-14(20)8-5-12/h4-10H,3H2,1-2H3,(H2,21,24,26). The summed E-state index contributed by atoms with van der Waals surface area (Å²) in [7, 11) is 1.71. The molecule has 130 valence electrons. The maximum Gasteiger partial charge on any atom is 0.240 e. The highest BCUT2D eigenvalue weighted by Crippen LogP contribution is 2.32. The van der Waals surface area contributed by atoms with Crippen molar-refractivity contribution < 1.29 is 4.39 Å². The monoisotopic (exact) mass is 348 g/mol. The SMILES string of the molecule is C=Nc1ccc(-c2nnc(N)nc2-c2ccc(F)cc2)cc1C(C)=NC. The van der Waals surface area contributed by atoms with Crippen molar-refractivity contribution in [2.75, 3.05) is 12.8 Å². The minimum atomic E-state index is -0.330. The Kier molecular flexibility index (Phi) is 4.79. The Bertz CT molecular complexity index is 995. The molecule has 1 heterocycles. The van der Waals surface area contributed by atoms with Gasteiger partial charge in [-0.05, 0) is 50.0 Å². The highest BCUT2D eigenvalue weighted by Gasteiger charge is 2.15. The van der Waals surface area contributed by atoms with Crippen LogP contribution in [0.15, 0.2) is 52.4 Å². The van der Waals surface area contributed by atoms with E-state index in [0.29, 0.717) is 17.0 Å². The molecule has 0 aliphatic heterocycles. The van der Waals surface area contributed by atoms with Gasteiger partial charge in [-0.2, -0.15) is 0 Å². The first-order chi connectivity index (χ1) is 12.5. The van der Waals surface area contributed by atoms with Gasteiger partial charge in [-0.25, -0.2) is 9.37 Å². The molecule has 0 fully saturated rings. The van der Waals surface area contributed by atoms with Gasteiger partial charge in [-0.3, -0.25) is 9.98 Å². The lowest BCUT2D eigenvalue weighted by molar-refractivity contribution is 0.628. The molecule has 2 aromatic carbocycles. The summed E-state index contributed by atoms with van der Waals surface area (Å²) in [6.07, 6.45) is 0. The van der Waals surface area contributed by atoms with Gasteiger partial charge in [0.05, 0.1) is 5.69 Å². The lowest BCUT2D eigenvalue weighted by Crippen LogP contribution is -2.03. The quantitative estimate of drug-likeness (QED) is 0.728. The lowest BCUT2D eigenvalue weighted by atomic mass is 10.00. The Balaban J connectivity index is 2.21. The number of anilines is 1. The van der Waals surface area contributed by atoms with Crippen LogP contribution in [0.1, 0.15) is 12.5 Å². The summed E-state index contributed by atoms with van der Waals surface area (Å²) in [6, 6.07) is 11.6. The summed E-state index contributed by atoms with van der Waals surface area (Å²) in [5.41, 5.74) is 10.6. The van der Waals surface area contributed by atoms with Crippen molar-refractivity contribution in [3.63, 3.8) is 0 Å². The van der Waals surface area contributed by atoms with Gasteiger partial charge in [-0.1, -0.05) is 6.07 Å². The normalized spacial score (nSPS) is 11.4. The molecule has 26 heavy (non-hydrogen) atoms. The number of aromatic nitrogens is 3. The number of aliphatic imine (C=N–C) groups is 2. The fraction of sp³-hybridized carbons (Fsp3) is 0.105. The summed E-state index contributed by atoms with van der Waals surface area (Å²) in [6.45, 7) is 5.49. The zero-order valence-electron chi connectivity index (χ0n) is 14.4. The molecule has 0 saturated carbocycles. The fourth-order valence-electron chi connectivity index (χ4n) is 2.57.